The molecule has 1 saturated heterocycles. The van der Waals surface area contributed by atoms with Crippen molar-refractivity contribution in [3.05, 3.63) is 24.2 Å². The van der Waals surface area contributed by atoms with Gasteiger partial charge in [-0.1, -0.05) is 0 Å². The Balaban J connectivity index is 2.14. The number of hydrogen-bond donors (Lipinski definition) is 1. The summed E-state index contributed by atoms with van der Waals surface area (Å²) in [7, 11) is 0. The maximum absolute atomic E-state index is 5.20. The van der Waals surface area contributed by atoms with Gasteiger partial charge in [-0.05, 0) is 12.1 Å². The van der Waals surface area contributed by atoms with Crippen LogP contribution >= 0.6 is 0 Å². The molecule has 1 N–H and O–H groups in total. The second-order valence-corrected chi connectivity index (χ2v) is 2.37. The van der Waals surface area contributed by atoms with E-state index in [1.807, 2.05) is 12.1 Å². The lowest BCUT2D eigenvalue weighted by Crippen LogP contribution is -2.39. The zero-order chi connectivity index (χ0) is 6.10. The smallest absolute Gasteiger partial charge is 0.109 e. The van der Waals surface area contributed by atoms with Crippen LogP contribution in [0.25, 0.3) is 0 Å². The van der Waals surface area contributed by atoms with Gasteiger partial charge in [-0.3, -0.25) is 0 Å². The maximum Gasteiger partial charge on any atom is 0.109 e. The second-order valence-electron chi connectivity index (χ2n) is 2.37. The van der Waals surface area contributed by atoms with Crippen molar-refractivity contribution in [1.29, 1.82) is 0 Å². The largest absolute Gasteiger partial charge is 0.469 e. The summed E-state index contributed by atoms with van der Waals surface area (Å²) in [5.74, 6) is 1.76. The lowest BCUT2D eigenvalue weighted by atomic mass is 10.0. The van der Waals surface area contributed by atoms with E-state index < -0.39 is 0 Å². The molecule has 0 aliphatic carbocycles. The van der Waals surface area contributed by atoms with Gasteiger partial charge in [0.15, 0.2) is 0 Å². The van der Waals surface area contributed by atoms with Gasteiger partial charge in [0.2, 0.25) is 0 Å². The van der Waals surface area contributed by atoms with E-state index in [1.165, 1.54) is 0 Å². The van der Waals surface area contributed by atoms with Crippen LogP contribution in [0.2, 0.25) is 0 Å². The van der Waals surface area contributed by atoms with Gasteiger partial charge in [0.25, 0.3) is 0 Å². The highest BCUT2D eigenvalue weighted by Gasteiger charge is 2.20. The van der Waals surface area contributed by atoms with Crippen molar-refractivity contribution in [3.63, 3.8) is 0 Å². The quantitative estimate of drug-likeness (QED) is 0.601. The maximum atomic E-state index is 5.20. The van der Waals surface area contributed by atoms with E-state index in [1.54, 1.807) is 6.26 Å². The standard InChI is InChI=1S/C7H9NO/c1-2-7(9-3-1)6-4-8-5-6/h1-3,6,8H,4-5H2. The molecule has 1 aliphatic rings. The van der Waals surface area contributed by atoms with Gasteiger partial charge >= 0.3 is 0 Å². The molecule has 0 aromatic carbocycles. The van der Waals surface area contributed by atoms with Crippen molar-refractivity contribution in [1.82, 2.24) is 5.32 Å². The lowest BCUT2D eigenvalue weighted by Gasteiger charge is -2.24. The molecule has 2 heterocycles. The number of hydrogen-bond acceptors (Lipinski definition) is 2. The van der Waals surface area contributed by atoms with Crippen LogP contribution in [0.5, 0.6) is 0 Å². The molecule has 1 aliphatic heterocycles. The molecule has 0 atom stereocenters. The fraction of sp³-hybridized carbons (Fsp3) is 0.429. The molecule has 48 valence electrons. The zero-order valence-corrected chi connectivity index (χ0v) is 5.13. The van der Waals surface area contributed by atoms with Crippen LogP contribution in [0.4, 0.5) is 0 Å². The Kier molecular flexibility index (Phi) is 1.06. The summed E-state index contributed by atoms with van der Waals surface area (Å²) in [6.07, 6.45) is 1.73. The molecule has 9 heavy (non-hydrogen) atoms. The minimum absolute atomic E-state index is 0.639. The third kappa shape index (κ3) is 0.754. The minimum Gasteiger partial charge on any atom is -0.469 e. The Bertz CT molecular complexity index is 177. The van der Waals surface area contributed by atoms with Crippen LogP contribution in [-0.4, -0.2) is 13.1 Å². The molecule has 2 heteroatoms. The fourth-order valence-electron chi connectivity index (χ4n) is 1.01. The van der Waals surface area contributed by atoms with Crippen molar-refractivity contribution < 1.29 is 4.42 Å². The van der Waals surface area contributed by atoms with Crippen molar-refractivity contribution >= 4 is 0 Å². The first-order chi connectivity index (χ1) is 4.47. The molecule has 0 spiro atoms. The van der Waals surface area contributed by atoms with Gasteiger partial charge < -0.3 is 9.73 Å². The lowest BCUT2D eigenvalue weighted by molar-refractivity contribution is 0.369. The van der Waals surface area contributed by atoms with Crippen LogP contribution < -0.4 is 5.32 Å². The van der Waals surface area contributed by atoms with Gasteiger partial charge in [0, 0.05) is 19.0 Å². The summed E-state index contributed by atoms with van der Waals surface area (Å²) in [5, 5.41) is 3.19. The highest BCUT2D eigenvalue weighted by molar-refractivity contribution is 5.09. The molecule has 0 radical (unpaired) electrons. The molecule has 1 aromatic rings. The van der Waals surface area contributed by atoms with E-state index in [9.17, 15) is 0 Å². The third-order valence-corrected chi connectivity index (χ3v) is 1.73. The van der Waals surface area contributed by atoms with Crippen molar-refractivity contribution in [2.75, 3.05) is 13.1 Å². The third-order valence-electron chi connectivity index (χ3n) is 1.73. The first kappa shape index (κ1) is 5.06. The van der Waals surface area contributed by atoms with Crippen LogP contribution in [0.3, 0.4) is 0 Å². The van der Waals surface area contributed by atoms with Gasteiger partial charge in [0.1, 0.15) is 5.76 Å². The molecule has 2 rings (SSSR count). The summed E-state index contributed by atoms with van der Waals surface area (Å²) in [6, 6.07) is 3.97. The van der Waals surface area contributed by atoms with Crippen molar-refractivity contribution in [3.8, 4) is 0 Å². The molecular weight excluding hydrogens is 114 g/mol. The van der Waals surface area contributed by atoms with Gasteiger partial charge in [-0.15, -0.1) is 0 Å². The Labute approximate surface area is 53.9 Å². The van der Waals surface area contributed by atoms with Crippen LogP contribution in [0.15, 0.2) is 22.8 Å². The first-order valence-electron chi connectivity index (χ1n) is 3.21. The normalized spacial score (nSPS) is 19.6. The molecule has 1 fully saturated rings. The molecule has 0 unspecified atom stereocenters. The van der Waals surface area contributed by atoms with Crippen LogP contribution in [0.1, 0.15) is 11.7 Å². The van der Waals surface area contributed by atoms with E-state index >= 15 is 0 Å². The highest BCUT2D eigenvalue weighted by Crippen LogP contribution is 2.18. The first-order valence-corrected chi connectivity index (χ1v) is 3.21. The van der Waals surface area contributed by atoms with Gasteiger partial charge in [0.05, 0.1) is 6.26 Å². The van der Waals surface area contributed by atoms with Crippen LogP contribution in [0, 0.1) is 0 Å². The minimum atomic E-state index is 0.639. The SMILES string of the molecule is c1coc(C2CNC2)c1. The summed E-state index contributed by atoms with van der Waals surface area (Å²) in [6.45, 7) is 2.15. The highest BCUT2D eigenvalue weighted by atomic mass is 16.3. The molecule has 0 saturated carbocycles. The monoisotopic (exact) mass is 123 g/mol. The molecule has 0 bridgehead atoms. The van der Waals surface area contributed by atoms with Gasteiger partial charge in [-0.2, -0.15) is 0 Å². The average Bonchev–Trinajstić information content (AvgIpc) is 2.11. The second kappa shape index (κ2) is 1.88. The fourth-order valence-corrected chi connectivity index (χ4v) is 1.01. The predicted octanol–water partition coefficient (Wildman–Crippen LogP) is 0.966. The number of furan rings is 1. The summed E-state index contributed by atoms with van der Waals surface area (Å²) in [4.78, 5) is 0. The predicted molar refractivity (Wildman–Crippen MR) is 34.3 cm³/mol. The van der Waals surface area contributed by atoms with E-state index in [0.29, 0.717) is 5.92 Å². The topological polar surface area (TPSA) is 25.2 Å². The summed E-state index contributed by atoms with van der Waals surface area (Å²) >= 11 is 0. The van der Waals surface area contributed by atoms with E-state index in [-0.39, 0.29) is 0 Å². The van der Waals surface area contributed by atoms with Crippen molar-refractivity contribution in [2.45, 2.75) is 5.92 Å². The Morgan fingerprint density at radius 2 is 2.44 bits per heavy atom. The average molecular weight is 123 g/mol. The van der Waals surface area contributed by atoms with Gasteiger partial charge in [-0.25, -0.2) is 0 Å². The number of nitrogens with one attached hydrogen (secondary N) is 1. The molecule has 1 aromatic heterocycles. The van der Waals surface area contributed by atoms with Crippen molar-refractivity contribution in [2.24, 2.45) is 0 Å². The zero-order valence-electron chi connectivity index (χ0n) is 5.13. The summed E-state index contributed by atoms with van der Waals surface area (Å²) in [5.41, 5.74) is 0. The van der Waals surface area contributed by atoms with Crippen LogP contribution in [-0.2, 0) is 0 Å². The Hall–Kier alpha value is -0.760. The molecule has 0 amide bonds. The van der Waals surface area contributed by atoms with E-state index in [0.717, 1.165) is 18.8 Å². The summed E-state index contributed by atoms with van der Waals surface area (Å²) < 4.78 is 5.20. The Morgan fingerprint density at radius 3 is 2.89 bits per heavy atom. The van der Waals surface area contributed by atoms with E-state index in [4.69, 9.17) is 4.42 Å². The Morgan fingerprint density at radius 1 is 1.56 bits per heavy atom. The molecule has 2 nitrogen and oxygen atoms in total. The van der Waals surface area contributed by atoms with E-state index in [2.05, 4.69) is 5.32 Å². The molecular formula is C7H9NO. The number of rotatable bonds is 1.